The molecule has 0 spiro atoms. The topological polar surface area (TPSA) is 89.0 Å². The van der Waals surface area contributed by atoms with Crippen LogP contribution in [0.4, 0.5) is 0 Å². The number of aryl methyl sites for hydroxylation is 1. The molecule has 2 aromatic carbocycles. The Hall–Kier alpha value is -4.13. The highest BCUT2D eigenvalue weighted by molar-refractivity contribution is 6.46. The number of likely N-dealkylation sites (tertiary alicyclic amines) is 1. The van der Waals surface area contributed by atoms with Crippen molar-refractivity contribution in [3.05, 3.63) is 94.8 Å². The Balaban J connectivity index is 1.79. The minimum Gasteiger partial charge on any atom is -0.507 e. The van der Waals surface area contributed by atoms with E-state index < -0.39 is 17.7 Å². The number of ether oxygens (including phenoxy) is 2. The number of hydrogen-bond donors (Lipinski definition) is 1. The van der Waals surface area contributed by atoms with Gasteiger partial charge in [0.05, 0.1) is 24.8 Å². The van der Waals surface area contributed by atoms with Crippen molar-refractivity contribution < 1.29 is 24.2 Å². The first-order valence-electron chi connectivity index (χ1n) is 12.4. The lowest BCUT2D eigenvalue weighted by molar-refractivity contribution is -0.140. The van der Waals surface area contributed by atoms with Gasteiger partial charge in [0.15, 0.2) is 0 Å². The van der Waals surface area contributed by atoms with E-state index in [9.17, 15) is 14.7 Å². The smallest absolute Gasteiger partial charge is 0.295 e. The maximum atomic E-state index is 13.4. The highest BCUT2D eigenvalue weighted by atomic mass is 16.5. The summed E-state index contributed by atoms with van der Waals surface area (Å²) in [5.74, 6) is 0.141. The van der Waals surface area contributed by atoms with Gasteiger partial charge in [0, 0.05) is 24.5 Å². The van der Waals surface area contributed by atoms with Crippen molar-refractivity contribution in [1.82, 2.24) is 9.88 Å². The molecular formula is C30H32N2O5. The monoisotopic (exact) mass is 500 g/mol. The summed E-state index contributed by atoms with van der Waals surface area (Å²) in [5.41, 5.74) is 2.75. The molecule has 1 atom stereocenters. The standard InChI is InChI=1S/C30H32N2O5/c1-5-36-23-10-8-22(9-11-23)27-26(29(34)30(35)32(27)17-21-7-6-14-31-16-21)28(33)25-13-12-24(15-20(25)4)37-18-19(2)3/h6-16,19,27,33H,5,17-18H2,1-4H3/t27-/m1/s1. The first kappa shape index (κ1) is 25.9. The number of carbonyl (C=O) groups is 2. The summed E-state index contributed by atoms with van der Waals surface area (Å²) >= 11 is 0. The number of benzene rings is 2. The number of ketones is 1. The zero-order valence-corrected chi connectivity index (χ0v) is 21.6. The Morgan fingerprint density at radius 3 is 2.41 bits per heavy atom. The number of pyridine rings is 1. The third-order valence-corrected chi connectivity index (χ3v) is 6.16. The van der Waals surface area contributed by atoms with Crippen LogP contribution in [0.3, 0.4) is 0 Å². The van der Waals surface area contributed by atoms with Crippen LogP contribution in [0.25, 0.3) is 5.76 Å². The molecule has 4 rings (SSSR count). The molecule has 1 fully saturated rings. The van der Waals surface area contributed by atoms with E-state index in [-0.39, 0.29) is 17.9 Å². The van der Waals surface area contributed by atoms with Crippen LogP contribution in [0.2, 0.25) is 0 Å². The van der Waals surface area contributed by atoms with Crippen LogP contribution in [0.5, 0.6) is 11.5 Å². The fourth-order valence-electron chi connectivity index (χ4n) is 4.39. The average Bonchev–Trinajstić information content (AvgIpc) is 3.13. The molecule has 3 aromatic rings. The Morgan fingerprint density at radius 2 is 1.78 bits per heavy atom. The molecule has 7 heteroatoms. The van der Waals surface area contributed by atoms with Gasteiger partial charge in [-0.15, -0.1) is 0 Å². The molecular weight excluding hydrogens is 468 g/mol. The van der Waals surface area contributed by atoms with Crippen molar-refractivity contribution >= 4 is 17.4 Å². The van der Waals surface area contributed by atoms with E-state index in [0.29, 0.717) is 41.8 Å². The number of hydrogen-bond acceptors (Lipinski definition) is 6. The van der Waals surface area contributed by atoms with Gasteiger partial charge in [-0.3, -0.25) is 14.6 Å². The summed E-state index contributed by atoms with van der Waals surface area (Å²) in [6.45, 7) is 9.15. The van der Waals surface area contributed by atoms with Gasteiger partial charge in [-0.2, -0.15) is 0 Å². The molecule has 1 N–H and O–H groups in total. The van der Waals surface area contributed by atoms with E-state index in [1.165, 1.54) is 4.90 Å². The van der Waals surface area contributed by atoms with Crippen molar-refractivity contribution in [3.63, 3.8) is 0 Å². The zero-order chi connectivity index (χ0) is 26.5. The Morgan fingerprint density at radius 1 is 1.05 bits per heavy atom. The normalized spacial score (nSPS) is 16.9. The molecule has 37 heavy (non-hydrogen) atoms. The van der Waals surface area contributed by atoms with Crippen LogP contribution >= 0.6 is 0 Å². The quantitative estimate of drug-likeness (QED) is 0.239. The van der Waals surface area contributed by atoms with Crippen LogP contribution in [-0.2, 0) is 16.1 Å². The molecule has 1 amide bonds. The van der Waals surface area contributed by atoms with E-state index >= 15 is 0 Å². The number of aliphatic hydroxyl groups excluding tert-OH is 1. The molecule has 0 unspecified atom stereocenters. The summed E-state index contributed by atoms with van der Waals surface area (Å²) in [6, 6.07) is 15.4. The lowest BCUT2D eigenvalue weighted by atomic mass is 9.93. The zero-order valence-electron chi connectivity index (χ0n) is 21.6. The number of rotatable bonds is 9. The number of Topliss-reactive ketones (excluding diaryl/α,β-unsaturated/α-hetero) is 1. The van der Waals surface area contributed by atoms with Crippen molar-refractivity contribution in [2.24, 2.45) is 5.92 Å². The van der Waals surface area contributed by atoms with Crippen LogP contribution in [0.1, 0.15) is 49.1 Å². The van der Waals surface area contributed by atoms with Gasteiger partial charge in [0.2, 0.25) is 0 Å². The van der Waals surface area contributed by atoms with Gasteiger partial charge in [-0.1, -0.05) is 32.0 Å². The fraction of sp³-hybridized carbons (Fsp3) is 0.300. The predicted molar refractivity (Wildman–Crippen MR) is 141 cm³/mol. The minimum absolute atomic E-state index is 0.0528. The highest BCUT2D eigenvalue weighted by Crippen LogP contribution is 2.41. The lowest BCUT2D eigenvalue weighted by Crippen LogP contribution is -2.29. The molecule has 7 nitrogen and oxygen atoms in total. The van der Waals surface area contributed by atoms with Gasteiger partial charge in [0.25, 0.3) is 11.7 Å². The Bertz CT molecular complexity index is 1300. The second-order valence-electron chi connectivity index (χ2n) is 9.47. The van der Waals surface area contributed by atoms with Crippen molar-refractivity contribution in [2.45, 2.75) is 40.3 Å². The van der Waals surface area contributed by atoms with E-state index in [1.54, 1.807) is 42.7 Å². The molecule has 1 aliphatic rings. The fourth-order valence-corrected chi connectivity index (χ4v) is 4.39. The summed E-state index contributed by atoms with van der Waals surface area (Å²) in [7, 11) is 0. The van der Waals surface area contributed by atoms with E-state index in [4.69, 9.17) is 9.47 Å². The summed E-state index contributed by atoms with van der Waals surface area (Å²) < 4.78 is 11.4. The number of amides is 1. The predicted octanol–water partition coefficient (Wildman–Crippen LogP) is 5.45. The molecule has 1 aliphatic heterocycles. The van der Waals surface area contributed by atoms with Crippen LogP contribution in [0, 0.1) is 12.8 Å². The van der Waals surface area contributed by atoms with Crippen molar-refractivity contribution in [2.75, 3.05) is 13.2 Å². The molecule has 2 heterocycles. The van der Waals surface area contributed by atoms with Crippen molar-refractivity contribution in [3.8, 4) is 11.5 Å². The van der Waals surface area contributed by atoms with Gasteiger partial charge in [-0.05, 0) is 72.9 Å². The maximum absolute atomic E-state index is 13.4. The molecule has 192 valence electrons. The maximum Gasteiger partial charge on any atom is 0.295 e. The summed E-state index contributed by atoms with van der Waals surface area (Å²) in [5, 5.41) is 11.5. The third-order valence-electron chi connectivity index (χ3n) is 6.16. The largest absolute Gasteiger partial charge is 0.507 e. The first-order chi connectivity index (χ1) is 17.8. The SMILES string of the molecule is CCOc1ccc([C@@H]2C(=C(O)c3ccc(OCC(C)C)cc3C)C(=O)C(=O)N2Cc2cccnc2)cc1. The molecule has 0 radical (unpaired) electrons. The summed E-state index contributed by atoms with van der Waals surface area (Å²) in [4.78, 5) is 32.2. The number of aliphatic hydroxyl groups is 1. The molecule has 0 aliphatic carbocycles. The molecule has 1 saturated heterocycles. The molecule has 1 aromatic heterocycles. The minimum atomic E-state index is -0.771. The van der Waals surface area contributed by atoms with Gasteiger partial charge < -0.3 is 19.5 Å². The van der Waals surface area contributed by atoms with Gasteiger partial charge >= 0.3 is 0 Å². The Labute approximate surface area is 217 Å². The second kappa shape index (κ2) is 11.3. The number of aromatic nitrogens is 1. The van der Waals surface area contributed by atoms with Gasteiger partial charge in [-0.25, -0.2) is 0 Å². The van der Waals surface area contributed by atoms with E-state index in [2.05, 4.69) is 18.8 Å². The number of carbonyl (C=O) groups excluding carboxylic acids is 2. The van der Waals surface area contributed by atoms with Crippen LogP contribution < -0.4 is 9.47 Å². The Kier molecular flexibility index (Phi) is 7.92. The average molecular weight is 501 g/mol. The third kappa shape index (κ3) is 5.66. The molecule has 0 saturated carbocycles. The first-order valence-corrected chi connectivity index (χ1v) is 12.4. The van der Waals surface area contributed by atoms with Crippen LogP contribution in [0.15, 0.2) is 72.6 Å². The van der Waals surface area contributed by atoms with E-state index in [0.717, 1.165) is 11.1 Å². The van der Waals surface area contributed by atoms with Gasteiger partial charge in [0.1, 0.15) is 17.3 Å². The van der Waals surface area contributed by atoms with E-state index in [1.807, 2.05) is 38.1 Å². The molecule has 0 bridgehead atoms. The van der Waals surface area contributed by atoms with Crippen molar-refractivity contribution in [1.29, 1.82) is 0 Å². The lowest BCUT2D eigenvalue weighted by Gasteiger charge is -2.25. The number of nitrogens with zero attached hydrogens (tertiary/aromatic N) is 2. The van der Waals surface area contributed by atoms with Crippen LogP contribution in [-0.4, -0.2) is 39.9 Å². The second-order valence-corrected chi connectivity index (χ2v) is 9.47. The summed E-state index contributed by atoms with van der Waals surface area (Å²) in [6.07, 6.45) is 3.31. The highest BCUT2D eigenvalue weighted by Gasteiger charge is 2.46.